The molecule has 2 atom stereocenters. The number of alkyl halides is 2. The molecule has 1 aromatic heterocycles. The van der Waals surface area contributed by atoms with Crippen LogP contribution in [-0.2, 0) is 7.05 Å². The highest BCUT2D eigenvalue weighted by molar-refractivity contribution is 5.95. The second kappa shape index (κ2) is 7.62. The van der Waals surface area contributed by atoms with Gasteiger partial charge in [-0.25, -0.2) is 8.78 Å². The number of nitrogens with zero attached hydrogens (tertiary/aromatic N) is 2. The van der Waals surface area contributed by atoms with Gasteiger partial charge in [0.1, 0.15) is 5.69 Å². The molecule has 0 aromatic carbocycles. The molecule has 2 aliphatic rings. The highest BCUT2D eigenvalue weighted by Gasteiger charge is 2.34. The zero-order chi connectivity index (χ0) is 17.1. The van der Waals surface area contributed by atoms with Crippen LogP contribution in [0.4, 0.5) is 8.78 Å². The number of aryl methyl sites for hydroxylation is 1. The molecule has 0 bridgehead atoms. The van der Waals surface area contributed by atoms with Crippen molar-refractivity contribution in [1.82, 2.24) is 15.1 Å². The number of nitrogens with one attached hydrogen (secondary N) is 1. The predicted octanol–water partition coefficient (Wildman–Crippen LogP) is 4.23. The van der Waals surface area contributed by atoms with Crippen molar-refractivity contribution in [2.45, 2.75) is 70.3 Å². The summed E-state index contributed by atoms with van der Waals surface area (Å²) in [6.45, 7) is 0. The van der Waals surface area contributed by atoms with Gasteiger partial charge in [0.2, 0.25) is 0 Å². The van der Waals surface area contributed by atoms with Crippen LogP contribution >= 0.6 is 0 Å². The molecule has 1 N–H and O–H groups in total. The Labute approximate surface area is 142 Å². The first kappa shape index (κ1) is 17.4. The molecule has 3 rings (SSSR count). The molecule has 2 unspecified atom stereocenters. The lowest BCUT2D eigenvalue weighted by molar-refractivity contribution is 0.0847. The van der Waals surface area contributed by atoms with E-state index in [-0.39, 0.29) is 11.6 Å². The lowest BCUT2D eigenvalue weighted by Crippen LogP contribution is -2.45. The van der Waals surface area contributed by atoms with Crippen LogP contribution in [0.1, 0.15) is 80.3 Å². The highest BCUT2D eigenvalue weighted by Crippen LogP contribution is 2.38. The maximum atomic E-state index is 13.1. The van der Waals surface area contributed by atoms with E-state index in [9.17, 15) is 13.6 Å². The van der Waals surface area contributed by atoms with Gasteiger partial charge in [0.15, 0.2) is 0 Å². The van der Waals surface area contributed by atoms with Crippen molar-refractivity contribution >= 4 is 5.91 Å². The summed E-state index contributed by atoms with van der Waals surface area (Å²) < 4.78 is 27.5. The molecule has 0 spiro atoms. The zero-order valence-corrected chi connectivity index (χ0v) is 14.3. The van der Waals surface area contributed by atoms with E-state index in [1.165, 1.54) is 49.4 Å². The first-order valence-electron chi connectivity index (χ1n) is 9.19. The summed E-state index contributed by atoms with van der Waals surface area (Å²) in [6.07, 6.45) is 9.43. The van der Waals surface area contributed by atoms with Gasteiger partial charge in [-0.3, -0.25) is 9.48 Å². The Kier molecular flexibility index (Phi) is 5.51. The van der Waals surface area contributed by atoms with Gasteiger partial charge in [-0.2, -0.15) is 5.10 Å². The Hall–Kier alpha value is -1.46. The number of carbonyl (C=O) groups is 1. The maximum absolute atomic E-state index is 13.1. The van der Waals surface area contributed by atoms with E-state index in [2.05, 4.69) is 10.4 Å². The van der Waals surface area contributed by atoms with Crippen molar-refractivity contribution in [2.24, 2.45) is 18.9 Å². The largest absolute Gasteiger partial charge is 0.349 e. The summed E-state index contributed by atoms with van der Waals surface area (Å²) >= 11 is 0. The van der Waals surface area contributed by atoms with Gasteiger partial charge in [-0.05, 0) is 24.7 Å². The Balaban J connectivity index is 1.71. The number of hydrogen-bond acceptors (Lipinski definition) is 2. The maximum Gasteiger partial charge on any atom is 0.282 e. The Morgan fingerprint density at radius 1 is 1.17 bits per heavy atom. The highest BCUT2D eigenvalue weighted by atomic mass is 19.3. The second-order valence-electron chi connectivity index (χ2n) is 7.33. The standard InChI is InChI=1S/C18H27F2N3O/c1-23-11-14(16(22-23)17(19)20)18(24)21-15-10-6-5-9-13(15)12-7-3-2-4-8-12/h11-13,15,17H,2-10H2,1H3,(H,21,24). The molecule has 0 radical (unpaired) electrons. The quantitative estimate of drug-likeness (QED) is 0.892. The molecule has 2 aliphatic carbocycles. The van der Waals surface area contributed by atoms with Gasteiger partial charge in [0.25, 0.3) is 12.3 Å². The van der Waals surface area contributed by atoms with Crippen molar-refractivity contribution in [3.05, 3.63) is 17.5 Å². The minimum Gasteiger partial charge on any atom is -0.349 e. The molecule has 6 heteroatoms. The molecule has 1 aromatic rings. The number of rotatable bonds is 4. The fourth-order valence-corrected chi connectivity index (χ4v) is 4.55. The summed E-state index contributed by atoms with van der Waals surface area (Å²) in [5.41, 5.74) is -0.402. The molecule has 0 aliphatic heterocycles. The fourth-order valence-electron chi connectivity index (χ4n) is 4.55. The third kappa shape index (κ3) is 3.78. The molecule has 2 saturated carbocycles. The first-order chi connectivity index (χ1) is 11.6. The minimum atomic E-state index is -2.73. The lowest BCUT2D eigenvalue weighted by Gasteiger charge is -2.39. The van der Waals surface area contributed by atoms with E-state index >= 15 is 0 Å². The molecule has 0 saturated heterocycles. The molecule has 1 heterocycles. The van der Waals surface area contributed by atoms with Crippen LogP contribution in [0.2, 0.25) is 0 Å². The van der Waals surface area contributed by atoms with Gasteiger partial charge >= 0.3 is 0 Å². The second-order valence-corrected chi connectivity index (χ2v) is 7.33. The normalized spacial score (nSPS) is 25.8. The zero-order valence-electron chi connectivity index (χ0n) is 14.3. The van der Waals surface area contributed by atoms with Crippen LogP contribution in [0, 0.1) is 11.8 Å². The van der Waals surface area contributed by atoms with Crippen LogP contribution in [-0.4, -0.2) is 21.7 Å². The summed E-state index contributed by atoms with van der Waals surface area (Å²) in [5, 5.41) is 6.80. The minimum absolute atomic E-state index is 0.0143. The smallest absolute Gasteiger partial charge is 0.282 e. The topological polar surface area (TPSA) is 46.9 Å². The number of halogens is 2. The Morgan fingerprint density at radius 3 is 2.54 bits per heavy atom. The SMILES string of the molecule is Cn1cc(C(=O)NC2CCCCC2C2CCCCC2)c(C(F)F)n1. The molecule has 2 fully saturated rings. The summed E-state index contributed by atoms with van der Waals surface area (Å²) in [6, 6.07) is 0.111. The summed E-state index contributed by atoms with van der Waals surface area (Å²) in [7, 11) is 1.56. The number of carbonyl (C=O) groups excluding carboxylic acids is 1. The first-order valence-corrected chi connectivity index (χ1v) is 9.19. The average molecular weight is 339 g/mol. The van der Waals surface area contributed by atoms with Crippen LogP contribution in [0.25, 0.3) is 0 Å². The molecule has 4 nitrogen and oxygen atoms in total. The van der Waals surface area contributed by atoms with Gasteiger partial charge in [-0.1, -0.05) is 44.9 Å². The van der Waals surface area contributed by atoms with Crippen molar-refractivity contribution in [1.29, 1.82) is 0 Å². The van der Waals surface area contributed by atoms with Crippen molar-refractivity contribution in [3.63, 3.8) is 0 Å². The van der Waals surface area contributed by atoms with Gasteiger partial charge in [0.05, 0.1) is 5.56 Å². The molecule has 134 valence electrons. The summed E-state index contributed by atoms with van der Waals surface area (Å²) in [5.74, 6) is 0.772. The Morgan fingerprint density at radius 2 is 1.83 bits per heavy atom. The van der Waals surface area contributed by atoms with E-state index in [1.54, 1.807) is 7.05 Å². The van der Waals surface area contributed by atoms with E-state index in [0.29, 0.717) is 11.8 Å². The molecular weight excluding hydrogens is 312 g/mol. The molecular formula is C18H27F2N3O. The van der Waals surface area contributed by atoms with E-state index in [0.717, 1.165) is 19.3 Å². The molecule has 24 heavy (non-hydrogen) atoms. The fraction of sp³-hybridized carbons (Fsp3) is 0.778. The lowest BCUT2D eigenvalue weighted by atomic mass is 9.71. The third-order valence-corrected chi connectivity index (χ3v) is 5.70. The van der Waals surface area contributed by atoms with E-state index in [4.69, 9.17) is 0 Å². The van der Waals surface area contributed by atoms with Crippen LogP contribution in [0.5, 0.6) is 0 Å². The number of amides is 1. The van der Waals surface area contributed by atoms with Gasteiger partial charge < -0.3 is 5.32 Å². The van der Waals surface area contributed by atoms with Crippen molar-refractivity contribution in [2.75, 3.05) is 0 Å². The third-order valence-electron chi connectivity index (χ3n) is 5.70. The van der Waals surface area contributed by atoms with Gasteiger partial charge in [0, 0.05) is 19.3 Å². The number of aromatic nitrogens is 2. The average Bonchev–Trinajstić information content (AvgIpc) is 2.98. The predicted molar refractivity (Wildman–Crippen MR) is 88.0 cm³/mol. The van der Waals surface area contributed by atoms with Crippen LogP contribution in [0.3, 0.4) is 0 Å². The van der Waals surface area contributed by atoms with Crippen LogP contribution in [0.15, 0.2) is 6.20 Å². The Bertz CT molecular complexity index is 567. The van der Waals surface area contributed by atoms with Crippen molar-refractivity contribution < 1.29 is 13.6 Å². The summed E-state index contributed by atoms with van der Waals surface area (Å²) in [4.78, 5) is 12.6. The monoisotopic (exact) mass is 339 g/mol. The molecule has 1 amide bonds. The van der Waals surface area contributed by atoms with Crippen LogP contribution < -0.4 is 5.32 Å². The number of hydrogen-bond donors (Lipinski definition) is 1. The van der Waals surface area contributed by atoms with Gasteiger partial charge in [-0.15, -0.1) is 0 Å². The van der Waals surface area contributed by atoms with Crippen molar-refractivity contribution in [3.8, 4) is 0 Å². The van der Waals surface area contributed by atoms with E-state index in [1.807, 2.05) is 0 Å². The van der Waals surface area contributed by atoms with E-state index < -0.39 is 18.0 Å².